The van der Waals surface area contributed by atoms with Crippen molar-refractivity contribution < 1.29 is 0 Å². The van der Waals surface area contributed by atoms with Crippen molar-refractivity contribution in [2.24, 2.45) is 4.99 Å². The van der Waals surface area contributed by atoms with Crippen molar-refractivity contribution in [1.82, 2.24) is 4.98 Å². The fraction of sp³-hybridized carbons (Fsp3) is 0.400. The van der Waals surface area contributed by atoms with Gasteiger partial charge in [-0.2, -0.15) is 0 Å². The average Bonchev–Trinajstić information content (AvgIpc) is 2.20. The topological polar surface area (TPSA) is 28.5 Å². The average molecular weight is 209 g/mol. The van der Waals surface area contributed by atoms with Gasteiger partial charge in [0.1, 0.15) is 0 Å². The van der Waals surface area contributed by atoms with Crippen LogP contribution in [0.4, 0.5) is 5.69 Å². The summed E-state index contributed by atoms with van der Waals surface area (Å²) >= 11 is 1.63. The second kappa shape index (κ2) is 5.00. The summed E-state index contributed by atoms with van der Waals surface area (Å²) in [6, 6.07) is 4.04. The van der Waals surface area contributed by atoms with Gasteiger partial charge in [-0.3, -0.25) is 9.98 Å². The van der Waals surface area contributed by atoms with E-state index in [0.717, 1.165) is 16.5 Å². The van der Waals surface area contributed by atoms with Crippen molar-refractivity contribution in [3.8, 4) is 0 Å². The van der Waals surface area contributed by atoms with Crippen LogP contribution in [0.1, 0.15) is 5.69 Å². The molecule has 3 nitrogen and oxygen atoms in total. The third-order valence-electron chi connectivity index (χ3n) is 1.94. The zero-order valence-corrected chi connectivity index (χ0v) is 9.80. The van der Waals surface area contributed by atoms with Gasteiger partial charge in [-0.15, -0.1) is 0 Å². The predicted octanol–water partition coefficient (Wildman–Crippen LogP) is 2.18. The number of nitrogens with zero attached hydrogens (tertiary/aromatic N) is 3. The largest absolute Gasteiger partial charge is 0.323 e. The number of hydrogen-bond donors (Lipinski definition) is 0. The number of aromatic nitrogens is 1. The van der Waals surface area contributed by atoms with Gasteiger partial charge in [0.2, 0.25) is 0 Å². The molecule has 1 heterocycles. The fourth-order valence-electron chi connectivity index (χ4n) is 1.15. The van der Waals surface area contributed by atoms with Crippen LogP contribution in [0.2, 0.25) is 0 Å². The van der Waals surface area contributed by atoms with Gasteiger partial charge in [-0.1, -0.05) is 11.8 Å². The quantitative estimate of drug-likeness (QED) is 0.524. The molecule has 0 bridgehead atoms. The number of rotatable bonds is 1. The molecule has 0 spiro atoms. The lowest BCUT2D eigenvalue weighted by Gasteiger charge is -2.18. The Morgan fingerprint density at radius 3 is 2.64 bits per heavy atom. The maximum atomic E-state index is 4.25. The maximum absolute atomic E-state index is 4.25. The zero-order chi connectivity index (χ0) is 10.6. The van der Waals surface area contributed by atoms with Gasteiger partial charge in [0.05, 0.1) is 11.9 Å². The number of hydrogen-bond acceptors (Lipinski definition) is 3. The molecule has 0 aliphatic carbocycles. The van der Waals surface area contributed by atoms with Crippen molar-refractivity contribution in [3.05, 3.63) is 24.0 Å². The van der Waals surface area contributed by atoms with E-state index in [0.29, 0.717) is 0 Å². The summed E-state index contributed by atoms with van der Waals surface area (Å²) in [5.41, 5.74) is 2.09. The van der Waals surface area contributed by atoms with Gasteiger partial charge in [-0.25, -0.2) is 0 Å². The van der Waals surface area contributed by atoms with E-state index < -0.39 is 0 Å². The predicted molar refractivity (Wildman–Crippen MR) is 64.3 cm³/mol. The maximum Gasteiger partial charge on any atom is 0.162 e. The standard InChI is InChI=1S/C10H15N3S/c1-8-5-6-9(7-12-8)13(3)10(11-2)14-4/h5-7H,1-4H3. The Balaban J connectivity index is 2.89. The van der Waals surface area contributed by atoms with E-state index in [-0.39, 0.29) is 0 Å². The first kappa shape index (κ1) is 11.0. The van der Waals surface area contributed by atoms with Crippen LogP contribution in [0.15, 0.2) is 23.3 Å². The number of aliphatic imine (C=N–C) groups is 1. The minimum Gasteiger partial charge on any atom is -0.323 e. The lowest BCUT2D eigenvalue weighted by Crippen LogP contribution is -2.23. The van der Waals surface area contributed by atoms with E-state index in [1.807, 2.05) is 43.5 Å². The summed E-state index contributed by atoms with van der Waals surface area (Å²) in [6.07, 6.45) is 3.87. The molecular weight excluding hydrogens is 194 g/mol. The Hall–Kier alpha value is -1.03. The number of pyridine rings is 1. The van der Waals surface area contributed by atoms with Gasteiger partial charge in [0.25, 0.3) is 0 Å². The fourth-order valence-corrected chi connectivity index (χ4v) is 1.71. The smallest absolute Gasteiger partial charge is 0.162 e. The molecule has 1 aromatic heterocycles. The molecule has 4 heteroatoms. The number of aryl methyl sites for hydroxylation is 1. The summed E-state index contributed by atoms with van der Waals surface area (Å²) in [4.78, 5) is 10.5. The monoisotopic (exact) mass is 209 g/mol. The highest BCUT2D eigenvalue weighted by Gasteiger charge is 2.06. The molecular formula is C10H15N3S. The van der Waals surface area contributed by atoms with Gasteiger partial charge >= 0.3 is 0 Å². The van der Waals surface area contributed by atoms with E-state index in [1.165, 1.54) is 0 Å². The molecule has 0 aromatic carbocycles. The normalized spacial score (nSPS) is 11.6. The van der Waals surface area contributed by atoms with Crippen molar-refractivity contribution in [2.75, 3.05) is 25.3 Å². The number of amidine groups is 1. The SMILES string of the molecule is CN=C(SC)N(C)c1ccc(C)nc1. The molecule has 0 saturated carbocycles. The first-order valence-corrected chi connectivity index (χ1v) is 5.58. The molecule has 0 aliphatic heterocycles. The number of anilines is 1. The minimum absolute atomic E-state index is 0.982. The second-order valence-corrected chi connectivity index (χ2v) is 3.70. The molecule has 0 fully saturated rings. The lowest BCUT2D eigenvalue weighted by molar-refractivity contribution is 1.16. The van der Waals surface area contributed by atoms with Crippen LogP contribution in [0, 0.1) is 6.92 Å². The molecule has 1 aromatic rings. The first-order valence-electron chi connectivity index (χ1n) is 4.36. The molecule has 0 saturated heterocycles. The highest BCUT2D eigenvalue weighted by molar-refractivity contribution is 8.13. The van der Waals surface area contributed by atoms with Gasteiger partial charge in [0, 0.05) is 19.8 Å². The van der Waals surface area contributed by atoms with Gasteiger partial charge in [-0.05, 0) is 25.3 Å². The molecule has 0 atom stereocenters. The van der Waals surface area contributed by atoms with Crippen LogP contribution < -0.4 is 4.90 Å². The van der Waals surface area contributed by atoms with Gasteiger partial charge in [0.15, 0.2) is 5.17 Å². The van der Waals surface area contributed by atoms with Gasteiger partial charge < -0.3 is 4.90 Å². The summed E-state index contributed by atoms with van der Waals surface area (Å²) in [7, 11) is 3.79. The Morgan fingerprint density at radius 1 is 1.50 bits per heavy atom. The molecule has 0 unspecified atom stereocenters. The van der Waals surface area contributed by atoms with E-state index in [1.54, 1.807) is 18.8 Å². The lowest BCUT2D eigenvalue weighted by atomic mass is 10.3. The summed E-state index contributed by atoms with van der Waals surface area (Å²) in [6.45, 7) is 1.98. The molecule has 0 amide bonds. The summed E-state index contributed by atoms with van der Waals surface area (Å²) < 4.78 is 0. The van der Waals surface area contributed by atoms with Crippen molar-refractivity contribution in [1.29, 1.82) is 0 Å². The zero-order valence-electron chi connectivity index (χ0n) is 8.98. The highest BCUT2D eigenvalue weighted by Crippen LogP contribution is 2.15. The molecule has 0 aliphatic rings. The molecule has 0 N–H and O–H groups in total. The Labute approximate surface area is 89.3 Å². The van der Waals surface area contributed by atoms with E-state index in [9.17, 15) is 0 Å². The molecule has 1 rings (SSSR count). The van der Waals surface area contributed by atoms with E-state index in [4.69, 9.17) is 0 Å². The Kier molecular flexibility index (Phi) is 3.95. The first-order chi connectivity index (χ1) is 6.69. The highest BCUT2D eigenvalue weighted by atomic mass is 32.2. The Morgan fingerprint density at radius 2 is 2.21 bits per heavy atom. The van der Waals surface area contributed by atoms with Crippen LogP contribution in [0.25, 0.3) is 0 Å². The summed E-state index contributed by atoms with van der Waals surface area (Å²) in [5, 5.41) is 0.982. The van der Waals surface area contributed by atoms with Crippen LogP contribution >= 0.6 is 11.8 Å². The van der Waals surface area contributed by atoms with Crippen molar-refractivity contribution in [2.45, 2.75) is 6.92 Å². The van der Waals surface area contributed by atoms with Crippen LogP contribution in [0.5, 0.6) is 0 Å². The minimum atomic E-state index is 0.982. The Bertz CT molecular complexity index is 319. The third-order valence-corrected chi connectivity index (χ3v) is 2.77. The van der Waals surface area contributed by atoms with Crippen molar-refractivity contribution >= 4 is 22.6 Å². The van der Waals surface area contributed by atoms with E-state index >= 15 is 0 Å². The second-order valence-electron chi connectivity index (χ2n) is 2.93. The van der Waals surface area contributed by atoms with E-state index in [2.05, 4.69) is 9.98 Å². The molecule has 14 heavy (non-hydrogen) atoms. The van der Waals surface area contributed by atoms with Crippen molar-refractivity contribution in [3.63, 3.8) is 0 Å². The van der Waals surface area contributed by atoms with Crippen LogP contribution in [-0.4, -0.2) is 30.5 Å². The molecule has 76 valence electrons. The van der Waals surface area contributed by atoms with Crippen LogP contribution in [-0.2, 0) is 0 Å². The number of thioether (sulfide) groups is 1. The third kappa shape index (κ3) is 2.48. The molecule has 0 radical (unpaired) electrons. The van der Waals surface area contributed by atoms with Crippen LogP contribution in [0.3, 0.4) is 0 Å². The summed E-state index contributed by atoms with van der Waals surface area (Å²) in [5.74, 6) is 0.